The van der Waals surface area contributed by atoms with Crippen LogP contribution in [0.5, 0.6) is 0 Å². The highest BCUT2D eigenvalue weighted by Gasteiger charge is 2.16. The first-order valence-electron chi connectivity index (χ1n) is 19.1. The van der Waals surface area contributed by atoms with Gasteiger partial charge in [-0.2, -0.15) is 0 Å². The highest BCUT2D eigenvalue weighted by atomic mass is 16.3. The Morgan fingerprint density at radius 3 is 1.89 bits per heavy atom. The lowest BCUT2D eigenvalue weighted by atomic mass is 10.0. The standard InChI is InChI=1S/C52H36N4O/c1-53-51(38-18-9-4-10-19-38)55-52(41-21-13-20-39(31-41)36-14-5-2-6-15-36)54-34-35-24-27-44-46-33-42(26-29-49(46)57-50(44)30-35)56-47-23-12-11-22-43(47)45-32-40(25-28-48(45)56)37-16-7-3-8-17-37/h2-33H,1,34H2. The molecule has 0 bridgehead atoms. The molecule has 0 spiro atoms. The maximum absolute atomic E-state index is 6.49. The smallest absolute Gasteiger partial charge is 0.161 e. The number of rotatable bonds is 7. The first kappa shape index (κ1) is 33.9. The van der Waals surface area contributed by atoms with Crippen LogP contribution in [0.15, 0.2) is 214 Å². The van der Waals surface area contributed by atoms with E-state index < -0.39 is 0 Å². The summed E-state index contributed by atoms with van der Waals surface area (Å²) in [5, 5.41) is 4.58. The zero-order chi connectivity index (χ0) is 38.1. The Labute approximate surface area is 330 Å². The quantitative estimate of drug-likeness (QED) is 0.119. The van der Waals surface area contributed by atoms with Crippen LogP contribution >= 0.6 is 0 Å². The Kier molecular flexibility index (Phi) is 8.65. The molecule has 0 saturated heterocycles. The van der Waals surface area contributed by atoms with Crippen molar-refractivity contribution in [3.63, 3.8) is 0 Å². The van der Waals surface area contributed by atoms with Gasteiger partial charge in [-0.1, -0.05) is 146 Å². The average molecular weight is 733 g/mol. The van der Waals surface area contributed by atoms with Crippen molar-refractivity contribution in [1.29, 1.82) is 0 Å². The number of nitrogens with zero attached hydrogens (tertiary/aromatic N) is 4. The van der Waals surface area contributed by atoms with Gasteiger partial charge in [0.2, 0.25) is 0 Å². The summed E-state index contributed by atoms with van der Waals surface area (Å²) in [6.07, 6.45) is 0. The molecular formula is C52H36N4O. The second-order valence-corrected chi connectivity index (χ2v) is 14.1. The van der Waals surface area contributed by atoms with E-state index in [1.54, 1.807) is 0 Å². The number of aromatic nitrogens is 1. The van der Waals surface area contributed by atoms with E-state index in [4.69, 9.17) is 14.4 Å². The van der Waals surface area contributed by atoms with Crippen LogP contribution in [-0.4, -0.2) is 23.0 Å². The van der Waals surface area contributed by atoms with Crippen molar-refractivity contribution in [2.45, 2.75) is 6.54 Å². The third-order valence-electron chi connectivity index (χ3n) is 10.6. The molecule has 0 amide bonds. The largest absolute Gasteiger partial charge is 0.456 e. The molecule has 2 heterocycles. The molecule has 8 aromatic carbocycles. The van der Waals surface area contributed by atoms with Gasteiger partial charge in [0.25, 0.3) is 0 Å². The van der Waals surface area contributed by atoms with E-state index in [9.17, 15) is 0 Å². The molecule has 0 unspecified atom stereocenters. The topological polar surface area (TPSA) is 55.1 Å². The Balaban J connectivity index is 1.03. The molecule has 270 valence electrons. The lowest BCUT2D eigenvalue weighted by Gasteiger charge is -2.09. The summed E-state index contributed by atoms with van der Waals surface area (Å²) in [4.78, 5) is 14.4. The molecule has 0 fully saturated rings. The van der Waals surface area contributed by atoms with Crippen LogP contribution in [0.1, 0.15) is 16.7 Å². The fraction of sp³-hybridized carbons (Fsp3) is 0.0192. The molecule has 0 aliphatic carbocycles. The molecule has 57 heavy (non-hydrogen) atoms. The van der Waals surface area contributed by atoms with Crippen molar-refractivity contribution in [2.75, 3.05) is 0 Å². The monoisotopic (exact) mass is 732 g/mol. The van der Waals surface area contributed by atoms with Gasteiger partial charge in [-0.3, -0.25) is 4.99 Å². The van der Waals surface area contributed by atoms with Crippen LogP contribution in [0.3, 0.4) is 0 Å². The van der Waals surface area contributed by atoms with E-state index in [-0.39, 0.29) is 0 Å². The number of para-hydroxylation sites is 1. The number of amidine groups is 2. The van der Waals surface area contributed by atoms with Gasteiger partial charge < -0.3 is 8.98 Å². The molecule has 0 aliphatic heterocycles. The molecule has 5 heteroatoms. The summed E-state index contributed by atoms with van der Waals surface area (Å²) >= 11 is 0. The van der Waals surface area contributed by atoms with E-state index in [1.807, 2.05) is 60.7 Å². The minimum atomic E-state index is 0.401. The van der Waals surface area contributed by atoms with Crippen molar-refractivity contribution >= 4 is 62.1 Å². The third kappa shape index (κ3) is 6.41. The summed E-state index contributed by atoms with van der Waals surface area (Å²) < 4.78 is 8.85. The summed E-state index contributed by atoms with van der Waals surface area (Å²) in [5.41, 5.74) is 12.5. The van der Waals surface area contributed by atoms with Crippen molar-refractivity contribution in [3.05, 3.63) is 211 Å². The van der Waals surface area contributed by atoms with Crippen molar-refractivity contribution in [2.24, 2.45) is 15.0 Å². The Hall–Kier alpha value is -7.63. The molecule has 0 atom stereocenters. The molecule has 10 rings (SSSR count). The van der Waals surface area contributed by atoms with Crippen molar-refractivity contribution in [1.82, 2.24) is 4.57 Å². The Morgan fingerprint density at radius 1 is 0.456 bits per heavy atom. The zero-order valence-electron chi connectivity index (χ0n) is 31.1. The number of benzene rings is 8. The van der Waals surface area contributed by atoms with E-state index in [2.05, 4.69) is 150 Å². The highest BCUT2D eigenvalue weighted by molar-refractivity contribution is 6.13. The maximum atomic E-state index is 6.49. The van der Waals surface area contributed by atoms with Gasteiger partial charge in [0, 0.05) is 38.4 Å². The van der Waals surface area contributed by atoms with E-state index >= 15 is 0 Å². The number of fused-ring (bicyclic) bond motifs is 6. The van der Waals surface area contributed by atoms with Crippen LogP contribution in [0, 0.1) is 0 Å². The normalized spacial score (nSPS) is 12.2. The zero-order valence-corrected chi connectivity index (χ0v) is 31.1. The molecule has 0 N–H and O–H groups in total. The Morgan fingerprint density at radius 2 is 1.12 bits per heavy atom. The van der Waals surface area contributed by atoms with Crippen LogP contribution in [0.4, 0.5) is 0 Å². The number of hydrogen-bond donors (Lipinski definition) is 0. The molecule has 0 saturated carbocycles. The minimum absolute atomic E-state index is 0.401. The van der Waals surface area contributed by atoms with Crippen molar-refractivity contribution < 1.29 is 4.42 Å². The number of hydrogen-bond acceptors (Lipinski definition) is 2. The molecule has 0 radical (unpaired) electrons. The summed E-state index contributed by atoms with van der Waals surface area (Å²) in [6, 6.07) is 67.4. The molecular weight excluding hydrogens is 697 g/mol. The second-order valence-electron chi connectivity index (χ2n) is 14.1. The summed E-state index contributed by atoms with van der Waals surface area (Å²) in [7, 11) is 0. The SMILES string of the molecule is C=NC(=NC(=NCc1ccc2c(c1)oc1ccc(-n3c4ccccc4c4cc(-c5ccccc5)ccc43)cc12)c1cccc(-c2ccccc2)c1)c1ccccc1. The number of aliphatic imine (C=N–C) groups is 3. The molecule has 0 aliphatic rings. The van der Waals surface area contributed by atoms with Gasteiger partial charge >= 0.3 is 0 Å². The lowest BCUT2D eigenvalue weighted by Crippen LogP contribution is -2.05. The summed E-state index contributed by atoms with van der Waals surface area (Å²) in [6.45, 7) is 4.24. The molecule has 2 aromatic heterocycles. The first-order valence-corrected chi connectivity index (χ1v) is 19.1. The van der Waals surface area contributed by atoms with Crippen LogP contribution in [0.2, 0.25) is 0 Å². The second kappa shape index (κ2) is 14.5. The predicted octanol–water partition coefficient (Wildman–Crippen LogP) is 13.1. The van der Waals surface area contributed by atoms with E-state index in [0.717, 1.165) is 61.0 Å². The van der Waals surface area contributed by atoms with Gasteiger partial charge in [0.15, 0.2) is 11.7 Å². The average Bonchev–Trinajstić information content (AvgIpc) is 3.82. The van der Waals surface area contributed by atoms with Gasteiger partial charge in [0.05, 0.1) is 17.6 Å². The summed E-state index contributed by atoms with van der Waals surface area (Å²) in [5.74, 6) is 1.10. The fourth-order valence-corrected chi connectivity index (χ4v) is 7.81. The van der Waals surface area contributed by atoms with E-state index in [1.165, 1.54) is 27.4 Å². The number of furan rings is 1. The maximum Gasteiger partial charge on any atom is 0.161 e. The molecule has 5 nitrogen and oxygen atoms in total. The predicted molar refractivity (Wildman–Crippen MR) is 238 cm³/mol. The van der Waals surface area contributed by atoms with Crippen LogP contribution in [0.25, 0.3) is 71.7 Å². The van der Waals surface area contributed by atoms with Gasteiger partial charge in [-0.15, -0.1) is 0 Å². The first-order chi connectivity index (χ1) is 28.2. The highest BCUT2D eigenvalue weighted by Crippen LogP contribution is 2.37. The van der Waals surface area contributed by atoms with Gasteiger partial charge in [-0.05, 0) is 83.1 Å². The van der Waals surface area contributed by atoms with Gasteiger partial charge in [0.1, 0.15) is 11.2 Å². The van der Waals surface area contributed by atoms with Gasteiger partial charge in [-0.25, -0.2) is 9.98 Å². The molecule has 10 aromatic rings. The van der Waals surface area contributed by atoms with E-state index in [0.29, 0.717) is 18.2 Å². The Bertz CT molecular complexity index is 3160. The van der Waals surface area contributed by atoms with Crippen LogP contribution in [-0.2, 0) is 6.54 Å². The lowest BCUT2D eigenvalue weighted by molar-refractivity contribution is 0.668. The van der Waals surface area contributed by atoms with Crippen molar-refractivity contribution in [3.8, 4) is 27.9 Å². The third-order valence-corrected chi connectivity index (χ3v) is 10.6. The minimum Gasteiger partial charge on any atom is -0.456 e. The van der Waals surface area contributed by atoms with Crippen LogP contribution < -0.4 is 0 Å². The fourth-order valence-electron chi connectivity index (χ4n) is 7.81.